The Bertz CT molecular complexity index is 1580. The fraction of sp³-hybridized carbons (Fsp3) is 0.226. The molecular formula is C31H28O3. The molecule has 4 aliphatic rings. The molecule has 3 heteroatoms. The number of fused-ring (bicyclic) bond motifs is 6. The average Bonchev–Trinajstić information content (AvgIpc) is 2.90. The molecule has 0 amide bonds. The van der Waals surface area contributed by atoms with Gasteiger partial charge in [-0.05, 0) is 80.6 Å². The van der Waals surface area contributed by atoms with Crippen molar-refractivity contribution in [3.05, 3.63) is 103 Å². The van der Waals surface area contributed by atoms with Crippen molar-refractivity contribution < 1.29 is 14.2 Å². The van der Waals surface area contributed by atoms with Crippen molar-refractivity contribution in [1.82, 2.24) is 0 Å². The molecule has 0 N–H and O–H groups in total. The van der Waals surface area contributed by atoms with Gasteiger partial charge in [-0.2, -0.15) is 0 Å². The standard InChI is InChI=1S/C31H28O3/c1-32-21-10-13-23-20(18-21)9-12-27-25(23)15-17-29(34-3)31(27)30-26-11-8-19-6-4-5-7-22(19)24(26)14-16-28(30)33-2/h5-13,16-18,21H,4,14-15H2,1-3H3. The molecule has 34 heavy (non-hydrogen) atoms. The van der Waals surface area contributed by atoms with Gasteiger partial charge < -0.3 is 14.2 Å². The fourth-order valence-corrected chi connectivity index (χ4v) is 5.69. The van der Waals surface area contributed by atoms with Crippen molar-refractivity contribution >= 4 is 35.5 Å². The summed E-state index contributed by atoms with van der Waals surface area (Å²) in [5.74, 6) is 1.80. The molecule has 0 spiro atoms. The average molecular weight is 449 g/mol. The molecule has 0 radical (unpaired) electrons. The molecular weight excluding hydrogens is 420 g/mol. The molecule has 0 fully saturated rings. The smallest absolute Gasteiger partial charge is 0.123 e. The van der Waals surface area contributed by atoms with E-state index in [4.69, 9.17) is 14.2 Å². The largest absolute Gasteiger partial charge is 0.496 e. The lowest BCUT2D eigenvalue weighted by molar-refractivity contribution is 0.189. The normalized spacial score (nSPS) is 19.6. The lowest BCUT2D eigenvalue weighted by Gasteiger charge is -2.26. The van der Waals surface area contributed by atoms with Crippen LogP contribution in [0.1, 0.15) is 28.7 Å². The molecule has 2 aromatic carbocycles. The van der Waals surface area contributed by atoms with Crippen LogP contribution in [0, 0.1) is 0 Å². The molecule has 1 unspecified atom stereocenters. The summed E-state index contributed by atoms with van der Waals surface area (Å²) in [4.78, 5) is 0. The molecule has 170 valence electrons. The van der Waals surface area contributed by atoms with Crippen molar-refractivity contribution in [1.29, 1.82) is 0 Å². The SMILES string of the molecule is COC1=CCc2c3c(ccc2=C1C1=c2ccc4c(c2CC=C1OC)C=CC(OC)C=4)=CCC=C3. The van der Waals surface area contributed by atoms with Crippen molar-refractivity contribution in [2.24, 2.45) is 0 Å². The fourth-order valence-electron chi connectivity index (χ4n) is 5.69. The first-order valence-corrected chi connectivity index (χ1v) is 11.8. The van der Waals surface area contributed by atoms with Gasteiger partial charge >= 0.3 is 0 Å². The van der Waals surface area contributed by atoms with Gasteiger partial charge in [0, 0.05) is 18.3 Å². The van der Waals surface area contributed by atoms with Crippen LogP contribution in [0.4, 0.5) is 0 Å². The quantitative estimate of drug-likeness (QED) is 0.720. The van der Waals surface area contributed by atoms with E-state index in [1.54, 1.807) is 21.3 Å². The Morgan fingerprint density at radius 1 is 0.706 bits per heavy atom. The summed E-state index contributed by atoms with van der Waals surface area (Å²) in [6.45, 7) is 0. The number of benzene rings is 2. The molecule has 6 rings (SSSR count). The minimum Gasteiger partial charge on any atom is -0.496 e. The summed E-state index contributed by atoms with van der Waals surface area (Å²) < 4.78 is 17.5. The molecule has 1 atom stereocenters. The molecule has 0 bridgehead atoms. The van der Waals surface area contributed by atoms with E-state index in [2.05, 4.69) is 72.9 Å². The first-order chi connectivity index (χ1) is 16.7. The third kappa shape index (κ3) is 3.15. The Kier molecular flexibility index (Phi) is 5.15. The van der Waals surface area contributed by atoms with Gasteiger partial charge in [-0.1, -0.05) is 54.6 Å². The Labute approximate surface area is 199 Å². The van der Waals surface area contributed by atoms with Crippen LogP contribution in [0.25, 0.3) is 35.5 Å². The monoisotopic (exact) mass is 448 g/mol. The zero-order valence-electron chi connectivity index (χ0n) is 19.9. The summed E-state index contributed by atoms with van der Waals surface area (Å²) in [6.07, 6.45) is 20.4. The lowest BCUT2D eigenvalue weighted by atomic mass is 9.82. The molecule has 0 heterocycles. The molecule has 0 aromatic heterocycles. The van der Waals surface area contributed by atoms with E-state index in [1.165, 1.54) is 43.1 Å². The molecule has 4 aliphatic carbocycles. The van der Waals surface area contributed by atoms with Crippen LogP contribution in [0.15, 0.2) is 60.1 Å². The summed E-state index contributed by atoms with van der Waals surface area (Å²) >= 11 is 0. The van der Waals surface area contributed by atoms with Gasteiger partial charge in [0.1, 0.15) is 11.5 Å². The minimum atomic E-state index is 0.0151. The summed E-state index contributed by atoms with van der Waals surface area (Å²) in [5, 5.41) is 4.96. The third-order valence-corrected chi connectivity index (χ3v) is 7.31. The van der Waals surface area contributed by atoms with Gasteiger partial charge in [0.2, 0.25) is 0 Å². The van der Waals surface area contributed by atoms with Crippen molar-refractivity contribution in [2.45, 2.75) is 25.4 Å². The zero-order valence-corrected chi connectivity index (χ0v) is 19.9. The highest BCUT2D eigenvalue weighted by atomic mass is 16.5. The van der Waals surface area contributed by atoms with Crippen LogP contribution in [0.5, 0.6) is 0 Å². The van der Waals surface area contributed by atoms with Crippen molar-refractivity contribution in [3.63, 3.8) is 0 Å². The second kappa shape index (κ2) is 8.34. The minimum absolute atomic E-state index is 0.0151. The Morgan fingerprint density at radius 2 is 1.32 bits per heavy atom. The maximum absolute atomic E-state index is 5.97. The van der Waals surface area contributed by atoms with E-state index >= 15 is 0 Å². The van der Waals surface area contributed by atoms with E-state index in [0.717, 1.165) is 41.9 Å². The van der Waals surface area contributed by atoms with Crippen LogP contribution in [0.3, 0.4) is 0 Å². The van der Waals surface area contributed by atoms with Crippen LogP contribution >= 0.6 is 0 Å². The maximum Gasteiger partial charge on any atom is 0.123 e. The highest BCUT2D eigenvalue weighted by molar-refractivity contribution is 6.04. The van der Waals surface area contributed by atoms with Crippen molar-refractivity contribution in [3.8, 4) is 0 Å². The second-order valence-electron chi connectivity index (χ2n) is 8.96. The summed E-state index contributed by atoms with van der Waals surface area (Å²) in [6, 6.07) is 8.94. The number of ether oxygens (including phenoxy) is 3. The van der Waals surface area contributed by atoms with E-state index in [-0.39, 0.29) is 6.10 Å². The first-order valence-electron chi connectivity index (χ1n) is 11.8. The van der Waals surface area contributed by atoms with Gasteiger partial charge in [-0.25, -0.2) is 0 Å². The highest BCUT2D eigenvalue weighted by Crippen LogP contribution is 2.33. The maximum atomic E-state index is 5.97. The van der Waals surface area contributed by atoms with E-state index in [1.807, 2.05) is 0 Å². The van der Waals surface area contributed by atoms with Crippen LogP contribution in [-0.2, 0) is 27.1 Å². The molecule has 0 saturated carbocycles. The highest BCUT2D eigenvalue weighted by Gasteiger charge is 2.26. The van der Waals surface area contributed by atoms with Crippen LogP contribution in [0.2, 0.25) is 0 Å². The Morgan fingerprint density at radius 3 is 1.94 bits per heavy atom. The summed E-state index contributed by atoms with van der Waals surface area (Å²) in [5.41, 5.74) is 7.46. The van der Waals surface area contributed by atoms with E-state index in [0.29, 0.717) is 0 Å². The van der Waals surface area contributed by atoms with Gasteiger partial charge in [0.05, 0.1) is 20.3 Å². The summed E-state index contributed by atoms with van der Waals surface area (Å²) in [7, 11) is 5.27. The Hall–Kier alpha value is -3.56. The predicted molar refractivity (Wildman–Crippen MR) is 138 cm³/mol. The topological polar surface area (TPSA) is 27.7 Å². The van der Waals surface area contributed by atoms with Gasteiger partial charge in [0.25, 0.3) is 0 Å². The number of allylic oxidation sites excluding steroid dienone is 5. The molecule has 2 aromatic rings. The van der Waals surface area contributed by atoms with E-state index in [9.17, 15) is 0 Å². The molecule has 3 nitrogen and oxygen atoms in total. The van der Waals surface area contributed by atoms with Crippen LogP contribution < -0.4 is 20.9 Å². The van der Waals surface area contributed by atoms with Gasteiger partial charge in [0.15, 0.2) is 0 Å². The second-order valence-corrected chi connectivity index (χ2v) is 8.96. The zero-order chi connectivity index (χ0) is 23.2. The van der Waals surface area contributed by atoms with Crippen molar-refractivity contribution in [2.75, 3.05) is 21.3 Å². The number of hydrogen-bond acceptors (Lipinski definition) is 3. The third-order valence-electron chi connectivity index (χ3n) is 7.31. The van der Waals surface area contributed by atoms with Gasteiger partial charge in [-0.15, -0.1) is 0 Å². The van der Waals surface area contributed by atoms with Gasteiger partial charge in [-0.3, -0.25) is 0 Å². The Balaban J connectivity index is 1.74. The lowest BCUT2D eigenvalue weighted by Crippen LogP contribution is -2.31. The molecule has 0 aliphatic heterocycles. The molecule has 0 saturated heterocycles. The number of rotatable bonds is 4. The van der Waals surface area contributed by atoms with E-state index < -0.39 is 0 Å². The number of hydrogen-bond donors (Lipinski definition) is 0. The predicted octanol–water partition coefficient (Wildman–Crippen LogP) is 2.88. The van der Waals surface area contributed by atoms with Crippen LogP contribution in [-0.4, -0.2) is 27.4 Å². The number of methoxy groups -OCH3 is 3. The first kappa shape index (κ1) is 21.0.